The van der Waals surface area contributed by atoms with Crippen molar-refractivity contribution >= 4 is 0 Å². The van der Waals surface area contributed by atoms with E-state index in [0.717, 1.165) is 5.92 Å². The predicted octanol–water partition coefficient (Wildman–Crippen LogP) is 3.92. The van der Waals surface area contributed by atoms with Gasteiger partial charge in [-0.05, 0) is 43.9 Å². The van der Waals surface area contributed by atoms with Crippen molar-refractivity contribution in [2.45, 2.75) is 52.4 Å². The Kier molecular flexibility index (Phi) is 2.02. The molecule has 0 aromatic heterocycles. The summed E-state index contributed by atoms with van der Waals surface area (Å²) in [7, 11) is 0. The van der Waals surface area contributed by atoms with Crippen LogP contribution >= 0.6 is 0 Å². The van der Waals surface area contributed by atoms with Crippen LogP contribution in [0.4, 0.5) is 0 Å². The van der Waals surface area contributed by atoms with Gasteiger partial charge in [-0.15, -0.1) is 0 Å². The third-order valence-corrected chi connectivity index (χ3v) is 4.24. The lowest BCUT2D eigenvalue weighted by atomic mass is 9.68. The average molecular weight is 164 g/mol. The lowest BCUT2D eigenvalue weighted by Gasteiger charge is -2.37. The van der Waals surface area contributed by atoms with Gasteiger partial charge in [0.15, 0.2) is 0 Å². The third-order valence-electron chi connectivity index (χ3n) is 4.24. The van der Waals surface area contributed by atoms with Crippen LogP contribution in [0.15, 0.2) is 11.6 Å². The zero-order chi connectivity index (χ0) is 8.60. The summed E-state index contributed by atoms with van der Waals surface area (Å²) in [5.41, 5.74) is 2.37. The summed E-state index contributed by atoms with van der Waals surface area (Å²) in [4.78, 5) is 0. The van der Waals surface area contributed by atoms with Crippen molar-refractivity contribution in [2.24, 2.45) is 11.3 Å². The minimum absolute atomic E-state index is 0.618. The second-order valence-electron chi connectivity index (χ2n) is 4.71. The zero-order valence-electron chi connectivity index (χ0n) is 8.40. The molecule has 68 valence electrons. The van der Waals surface area contributed by atoms with E-state index in [1.807, 2.05) is 0 Å². The first-order valence-electron chi connectivity index (χ1n) is 5.43. The summed E-state index contributed by atoms with van der Waals surface area (Å²) in [6, 6.07) is 0. The van der Waals surface area contributed by atoms with Crippen LogP contribution in [0.25, 0.3) is 0 Å². The molecular weight excluding hydrogens is 144 g/mol. The Morgan fingerprint density at radius 3 is 2.92 bits per heavy atom. The third kappa shape index (κ3) is 1.04. The first kappa shape index (κ1) is 8.34. The highest BCUT2D eigenvalue weighted by atomic mass is 14.5. The summed E-state index contributed by atoms with van der Waals surface area (Å²) < 4.78 is 0. The van der Waals surface area contributed by atoms with Gasteiger partial charge in [0.05, 0.1) is 0 Å². The maximum absolute atomic E-state index is 2.50. The zero-order valence-corrected chi connectivity index (χ0v) is 8.40. The van der Waals surface area contributed by atoms with Gasteiger partial charge in [0.25, 0.3) is 0 Å². The van der Waals surface area contributed by atoms with Gasteiger partial charge in [0.2, 0.25) is 0 Å². The molecule has 0 aromatic rings. The van der Waals surface area contributed by atoms with Crippen molar-refractivity contribution in [1.29, 1.82) is 0 Å². The Bertz CT molecular complexity index is 202. The van der Waals surface area contributed by atoms with Crippen molar-refractivity contribution in [3.05, 3.63) is 11.6 Å². The van der Waals surface area contributed by atoms with Gasteiger partial charge in [0.1, 0.15) is 0 Å². The normalized spacial score (nSPS) is 44.8. The molecule has 2 rings (SSSR count). The van der Waals surface area contributed by atoms with Crippen molar-refractivity contribution in [3.8, 4) is 0 Å². The molecule has 0 aliphatic heterocycles. The Morgan fingerprint density at radius 1 is 1.33 bits per heavy atom. The van der Waals surface area contributed by atoms with Gasteiger partial charge in [-0.2, -0.15) is 0 Å². The van der Waals surface area contributed by atoms with E-state index < -0.39 is 0 Å². The quantitative estimate of drug-likeness (QED) is 0.476. The molecule has 0 heterocycles. The average Bonchev–Trinajstić information content (AvgIpc) is 2.41. The van der Waals surface area contributed by atoms with Crippen LogP contribution in [0.2, 0.25) is 0 Å². The topological polar surface area (TPSA) is 0 Å². The van der Waals surface area contributed by atoms with Crippen LogP contribution < -0.4 is 0 Å². The van der Waals surface area contributed by atoms with Crippen LogP contribution in [0.3, 0.4) is 0 Å². The summed E-state index contributed by atoms with van der Waals surface area (Å²) in [6.07, 6.45) is 11.1. The van der Waals surface area contributed by atoms with Gasteiger partial charge in [0, 0.05) is 0 Å². The van der Waals surface area contributed by atoms with Gasteiger partial charge < -0.3 is 0 Å². The summed E-state index contributed by atoms with van der Waals surface area (Å²) in [5, 5.41) is 0. The molecule has 12 heavy (non-hydrogen) atoms. The van der Waals surface area contributed by atoms with E-state index in [1.165, 1.54) is 38.5 Å². The van der Waals surface area contributed by atoms with Crippen LogP contribution in [0, 0.1) is 11.3 Å². The van der Waals surface area contributed by atoms with E-state index in [-0.39, 0.29) is 0 Å². The molecule has 0 nitrogen and oxygen atoms in total. The number of hydrogen-bond acceptors (Lipinski definition) is 0. The predicted molar refractivity (Wildman–Crippen MR) is 53.1 cm³/mol. The smallest absolute Gasteiger partial charge is 0.00881 e. The van der Waals surface area contributed by atoms with E-state index in [0.29, 0.717) is 5.41 Å². The first-order valence-corrected chi connectivity index (χ1v) is 5.43. The molecule has 2 aliphatic rings. The molecule has 0 saturated heterocycles. The number of hydrogen-bond donors (Lipinski definition) is 0. The lowest BCUT2D eigenvalue weighted by Crippen LogP contribution is -2.26. The number of allylic oxidation sites excluding steroid dienone is 2. The summed E-state index contributed by atoms with van der Waals surface area (Å²) >= 11 is 0. The second-order valence-corrected chi connectivity index (χ2v) is 4.71. The minimum Gasteiger partial charge on any atom is -0.0879 e. The molecular formula is C12H20. The Hall–Kier alpha value is -0.260. The molecule has 0 aromatic carbocycles. The standard InChI is InChI=1S/C12H20/c1-3-10-7-8-11-6-4-5-9-12(10,11)2/h3,11H,4-9H2,1-2H3/b10-3+/t11-,12-/m0/s1. The number of rotatable bonds is 0. The fourth-order valence-corrected chi connectivity index (χ4v) is 3.38. The Labute approximate surface area is 76.1 Å². The maximum atomic E-state index is 2.50. The van der Waals surface area contributed by atoms with Gasteiger partial charge in [-0.1, -0.05) is 31.4 Å². The van der Waals surface area contributed by atoms with Gasteiger partial charge in [-0.3, -0.25) is 0 Å². The van der Waals surface area contributed by atoms with Gasteiger partial charge >= 0.3 is 0 Å². The van der Waals surface area contributed by atoms with Crippen molar-refractivity contribution in [1.82, 2.24) is 0 Å². The molecule has 0 spiro atoms. The Balaban J connectivity index is 2.25. The lowest BCUT2D eigenvalue weighted by molar-refractivity contribution is 0.188. The van der Waals surface area contributed by atoms with Gasteiger partial charge in [-0.25, -0.2) is 0 Å². The van der Waals surface area contributed by atoms with E-state index in [4.69, 9.17) is 0 Å². The molecule has 0 amide bonds. The van der Waals surface area contributed by atoms with Crippen LogP contribution in [0.5, 0.6) is 0 Å². The maximum Gasteiger partial charge on any atom is -0.00881 e. The fourth-order valence-electron chi connectivity index (χ4n) is 3.38. The van der Waals surface area contributed by atoms with Crippen LogP contribution in [-0.4, -0.2) is 0 Å². The highest BCUT2D eigenvalue weighted by Gasteiger charge is 2.42. The monoisotopic (exact) mass is 164 g/mol. The minimum atomic E-state index is 0.618. The molecule has 0 heteroatoms. The molecule has 0 radical (unpaired) electrons. The van der Waals surface area contributed by atoms with Crippen LogP contribution in [-0.2, 0) is 0 Å². The largest absolute Gasteiger partial charge is 0.0879 e. The van der Waals surface area contributed by atoms with Crippen molar-refractivity contribution < 1.29 is 0 Å². The molecule has 0 bridgehead atoms. The molecule has 0 unspecified atom stereocenters. The first-order chi connectivity index (χ1) is 5.77. The van der Waals surface area contributed by atoms with Crippen molar-refractivity contribution in [2.75, 3.05) is 0 Å². The van der Waals surface area contributed by atoms with E-state index in [2.05, 4.69) is 19.9 Å². The molecule has 2 atom stereocenters. The molecule has 2 fully saturated rings. The van der Waals surface area contributed by atoms with E-state index >= 15 is 0 Å². The van der Waals surface area contributed by atoms with E-state index in [1.54, 1.807) is 5.57 Å². The van der Waals surface area contributed by atoms with Crippen LogP contribution in [0.1, 0.15) is 52.4 Å². The highest BCUT2D eigenvalue weighted by Crippen LogP contribution is 2.54. The number of fused-ring (bicyclic) bond motifs is 1. The summed E-state index contributed by atoms with van der Waals surface area (Å²) in [6.45, 7) is 4.72. The highest BCUT2D eigenvalue weighted by molar-refractivity contribution is 5.20. The molecule has 0 N–H and O–H groups in total. The fraction of sp³-hybridized carbons (Fsp3) is 0.833. The molecule has 2 aliphatic carbocycles. The SMILES string of the molecule is C/C=C1\CC[C@@H]2CCCC[C@@]12C. The van der Waals surface area contributed by atoms with Crippen molar-refractivity contribution in [3.63, 3.8) is 0 Å². The second kappa shape index (κ2) is 2.90. The molecule has 2 saturated carbocycles. The Morgan fingerprint density at radius 2 is 2.17 bits per heavy atom. The van der Waals surface area contributed by atoms with E-state index in [9.17, 15) is 0 Å². The summed E-state index contributed by atoms with van der Waals surface area (Å²) in [5.74, 6) is 1.03.